The Bertz CT molecular complexity index is 191. The molecule has 1 aliphatic heterocycles. The zero-order chi connectivity index (χ0) is 10.0. The summed E-state index contributed by atoms with van der Waals surface area (Å²) in [6.45, 7) is 6.82. The van der Waals surface area contributed by atoms with Crippen molar-refractivity contribution in [3.05, 3.63) is 0 Å². The molecule has 0 aromatic rings. The molecule has 0 aromatic carbocycles. The molecule has 0 spiro atoms. The van der Waals surface area contributed by atoms with Crippen LogP contribution in [0.3, 0.4) is 0 Å². The number of carbonyl (C=O) groups is 1. The van der Waals surface area contributed by atoms with Gasteiger partial charge in [0.05, 0.1) is 0 Å². The van der Waals surface area contributed by atoms with Gasteiger partial charge in [-0.05, 0) is 12.3 Å². The average molecular weight is 185 g/mol. The van der Waals surface area contributed by atoms with Gasteiger partial charge in [0.1, 0.15) is 6.23 Å². The zero-order valence-corrected chi connectivity index (χ0v) is 8.66. The van der Waals surface area contributed by atoms with E-state index in [4.69, 9.17) is 0 Å². The van der Waals surface area contributed by atoms with Crippen molar-refractivity contribution >= 4 is 5.91 Å². The third-order valence-electron chi connectivity index (χ3n) is 2.58. The Morgan fingerprint density at radius 1 is 1.62 bits per heavy atom. The summed E-state index contributed by atoms with van der Waals surface area (Å²) in [6, 6.07) is 0. The van der Waals surface area contributed by atoms with Gasteiger partial charge < -0.3 is 10.0 Å². The minimum Gasteiger partial charge on any atom is -0.374 e. The molecule has 1 saturated heterocycles. The maximum absolute atomic E-state index is 11.5. The zero-order valence-electron chi connectivity index (χ0n) is 8.66. The molecular formula is C10H19NO2. The van der Waals surface area contributed by atoms with Crippen LogP contribution in [-0.4, -0.2) is 28.7 Å². The van der Waals surface area contributed by atoms with E-state index in [1.165, 1.54) is 0 Å². The molecule has 0 bridgehead atoms. The number of amides is 1. The number of rotatable bonds is 3. The summed E-state index contributed by atoms with van der Waals surface area (Å²) in [5.74, 6) is 0.686. The number of aliphatic hydroxyl groups is 1. The Morgan fingerprint density at radius 2 is 2.23 bits per heavy atom. The third-order valence-corrected chi connectivity index (χ3v) is 2.58. The SMILES string of the molecule is CC(C)CCN1C(=O)C(C)CC1O. The van der Waals surface area contributed by atoms with Gasteiger partial charge in [-0.1, -0.05) is 20.8 Å². The lowest BCUT2D eigenvalue weighted by Gasteiger charge is -2.21. The molecule has 76 valence electrons. The number of nitrogens with zero attached hydrogens (tertiary/aromatic N) is 1. The first-order chi connectivity index (χ1) is 6.02. The average Bonchev–Trinajstić information content (AvgIpc) is 2.24. The molecule has 1 heterocycles. The lowest BCUT2D eigenvalue weighted by Crippen LogP contribution is -2.34. The predicted molar refractivity (Wildman–Crippen MR) is 51.0 cm³/mol. The van der Waals surface area contributed by atoms with Gasteiger partial charge in [0.2, 0.25) is 5.91 Å². The second kappa shape index (κ2) is 4.09. The van der Waals surface area contributed by atoms with Gasteiger partial charge in [-0.2, -0.15) is 0 Å². The van der Waals surface area contributed by atoms with Crippen molar-refractivity contribution in [3.63, 3.8) is 0 Å². The molecule has 0 aliphatic carbocycles. The van der Waals surface area contributed by atoms with E-state index in [-0.39, 0.29) is 11.8 Å². The normalized spacial score (nSPS) is 29.0. The predicted octanol–water partition coefficient (Wildman–Crippen LogP) is 1.22. The Morgan fingerprint density at radius 3 is 2.62 bits per heavy atom. The number of aliphatic hydroxyl groups excluding tert-OH is 1. The summed E-state index contributed by atoms with van der Waals surface area (Å²) in [7, 11) is 0. The van der Waals surface area contributed by atoms with Gasteiger partial charge >= 0.3 is 0 Å². The fourth-order valence-corrected chi connectivity index (χ4v) is 1.63. The van der Waals surface area contributed by atoms with Crippen molar-refractivity contribution in [2.45, 2.75) is 39.8 Å². The van der Waals surface area contributed by atoms with Gasteiger partial charge in [0.25, 0.3) is 0 Å². The van der Waals surface area contributed by atoms with Crippen molar-refractivity contribution in [1.82, 2.24) is 4.90 Å². The molecule has 2 unspecified atom stereocenters. The molecule has 13 heavy (non-hydrogen) atoms. The lowest BCUT2D eigenvalue weighted by atomic mass is 10.1. The van der Waals surface area contributed by atoms with E-state index in [9.17, 15) is 9.90 Å². The summed E-state index contributed by atoms with van der Waals surface area (Å²) >= 11 is 0. The van der Waals surface area contributed by atoms with Crippen LogP contribution in [0.4, 0.5) is 0 Å². The van der Waals surface area contributed by atoms with Crippen molar-refractivity contribution in [2.75, 3.05) is 6.54 Å². The van der Waals surface area contributed by atoms with Crippen LogP contribution in [0.2, 0.25) is 0 Å². The van der Waals surface area contributed by atoms with Crippen LogP contribution < -0.4 is 0 Å². The van der Waals surface area contributed by atoms with Crippen LogP contribution in [0, 0.1) is 11.8 Å². The van der Waals surface area contributed by atoms with E-state index >= 15 is 0 Å². The van der Waals surface area contributed by atoms with Gasteiger partial charge in [-0.25, -0.2) is 0 Å². The van der Waals surface area contributed by atoms with Crippen LogP contribution in [0.5, 0.6) is 0 Å². The monoisotopic (exact) mass is 185 g/mol. The molecule has 3 nitrogen and oxygen atoms in total. The highest BCUT2D eigenvalue weighted by atomic mass is 16.3. The molecule has 1 amide bonds. The summed E-state index contributed by atoms with van der Waals surface area (Å²) in [5.41, 5.74) is 0. The molecule has 1 aliphatic rings. The smallest absolute Gasteiger partial charge is 0.227 e. The molecule has 0 saturated carbocycles. The largest absolute Gasteiger partial charge is 0.374 e. The van der Waals surface area contributed by atoms with E-state index in [1.54, 1.807) is 4.90 Å². The summed E-state index contributed by atoms with van der Waals surface area (Å²) in [5, 5.41) is 9.55. The van der Waals surface area contributed by atoms with Crippen LogP contribution in [0.25, 0.3) is 0 Å². The van der Waals surface area contributed by atoms with Gasteiger partial charge in [0.15, 0.2) is 0 Å². The lowest BCUT2D eigenvalue weighted by molar-refractivity contribution is -0.135. The number of likely N-dealkylation sites (tertiary alicyclic amines) is 1. The maximum atomic E-state index is 11.5. The second-order valence-corrected chi connectivity index (χ2v) is 4.33. The maximum Gasteiger partial charge on any atom is 0.227 e. The van der Waals surface area contributed by atoms with Crippen molar-refractivity contribution in [3.8, 4) is 0 Å². The van der Waals surface area contributed by atoms with Crippen molar-refractivity contribution in [2.24, 2.45) is 11.8 Å². The molecule has 1 fully saturated rings. The summed E-state index contributed by atoms with van der Waals surface area (Å²) < 4.78 is 0. The molecule has 1 rings (SSSR count). The van der Waals surface area contributed by atoms with Gasteiger partial charge in [0, 0.05) is 18.9 Å². The highest BCUT2D eigenvalue weighted by Gasteiger charge is 2.34. The minimum absolute atomic E-state index is 0.00200. The highest BCUT2D eigenvalue weighted by Crippen LogP contribution is 2.23. The highest BCUT2D eigenvalue weighted by molar-refractivity contribution is 5.80. The Kier molecular flexibility index (Phi) is 3.31. The third kappa shape index (κ3) is 2.44. The number of carbonyl (C=O) groups excluding carboxylic acids is 1. The first-order valence-electron chi connectivity index (χ1n) is 5.01. The first-order valence-corrected chi connectivity index (χ1v) is 5.01. The fourth-order valence-electron chi connectivity index (χ4n) is 1.63. The fraction of sp³-hybridized carbons (Fsp3) is 0.900. The van der Waals surface area contributed by atoms with Crippen molar-refractivity contribution in [1.29, 1.82) is 0 Å². The Balaban J connectivity index is 2.44. The molecule has 0 radical (unpaired) electrons. The first kappa shape index (κ1) is 10.5. The van der Waals surface area contributed by atoms with E-state index in [0.29, 0.717) is 18.9 Å². The quantitative estimate of drug-likeness (QED) is 0.718. The van der Waals surface area contributed by atoms with E-state index < -0.39 is 6.23 Å². The number of hydrogen-bond acceptors (Lipinski definition) is 2. The van der Waals surface area contributed by atoms with E-state index in [2.05, 4.69) is 13.8 Å². The van der Waals surface area contributed by atoms with Crippen LogP contribution in [0.15, 0.2) is 0 Å². The summed E-state index contributed by atoms with van der Waals surface area (Å²) in [6.07, 6.45) is 1.02. The molecule has 2 atom stereocenters. The van der Waals surface area contributed by atoms with E-state index in [0.717, 1.165) is 6.42 Å². The minimum atomic E-state index is -0.541. The summed E-state index contributed by atoms with van der Waals surface area (Å²) in [4.78, 5) is 13.1. The van der Waals surface area contributed by atoms with Gasteiger partial charge in [-0.3, -0.25) is 4.79 Å². The Hall–Kier alpha value is -0.570. The van der Waals surface area contributed by atoms with Crippen molar-refractivity contribution < 1.29 is 9.90 Å². The van der Waals surface area contributed by atoms with E-state index in [1.807, 2.05) is 6.92 Å². The van der Waals surface area contributed by atoms with Gasteiger partial charge in [-0.15, -0.1) is 0 Å². The molecule has 1 N–H and O–H groups in total. The molecule has 3 heteroatoms. The molecule has 0 aromatic heterocycles. The van der Waals surface area contributed by atoms with Crippen LogP contribution in [-0.2, 0) is 4.79 Å². The van der Waals surface area contributed by atoms with Crippen LogP contribution in [0.1, 0.15) is 33.6 Å². The standard InChI is InChI=1S/C10H19NO2/c1-7(2)4-5-11-9(12)6-8(3)10(11)13/h7-9,12H,4-6H2,1-3H3. The number of hydrogen-bond donors (Lipinski definition) is 1. The Labute approximate surface area is 79.7 Å². The topological polar surface area (TPSA) is 40.5 Å². The molecular weight excluding hydrogens is 166 g/mol. The van der Waals surface area contributed by atoms with Crippen LogP contribution >= 0.6 is 0 Å². The second-order valence-electron chi connectivity index (χ2n) is 4.33.